The van der Waals surface area contributed by atoms with Gasteiger partial charge in [0.15, 0.2) is 0 Å². The van der Waals surface area contributed by atoms with Gasteiger partial charge in [-0.3, -0.25) is 14.9 Å². The van der Waals surface area contributed by atoms with E-state index < -0.39 is 10.9 Å². The van der Waals surface area contributed by atoms with Gasteiger partial charge < -0.3 is 20.1 Å². The lowest BCUT2D eigenvalue weighted by Gasteiger charge is -2.31. The van der Waals surface area contributed by atoms with Crippen LogP contribution in [0.3, 0.4) is 0 Å². The van der Waals surface area contributed by atoms with Crippen molar-refractivity contribution in [2.45, 2.75) is 13.1 Å². The maximum absolute atomic E-state index is 12.7. The molecule has 196 valence electrons. The van der Waals surface area contributed by atoms with E-state index in [9.17, 15) is 24.8 Å². The summed E-state index contributed by atoms with van der Waals surface area (Å²) in [5.41, 5.74) is 4.93. The quantitative estimate of drug-likeness (QED) is 0.238. The number of nitrogens with one attached hydrogen (secondary N) is 1. The molecule has 0 spiro atoms. The first kappa shape index (κ1) is 25.5. The van der Waals surface area contributed by atoms with Gasteiger partial charge in [0.1, 0.15) is 12.4 Å². The van der Waals surface area contributed by atoms with Crippen LogP contribution in [-0.4, -0.2) is 35.1 Å². The topological polar surface area (TPSA) is 122 Å². The molecule has 0 aromatic heterocycles. The molecular weight excluding hydrogens is 498 g/mol. The minimum absolute atomic E-state index is 0.000859. The molecule has 0 saturated carbocycles. The molecule has 2 N–H and O–H groups in total. The van der Waals surface area contributed by atoms with Crippen molar-refractivity contribution in [2.24, 2.45) is 0 Å². The second-order valence-electron chi connectivity index (χ2n) is 9.11. The monoisotopic (exact) mass is 523 g/mol. The van der Waals surface area contributed by atoms with Crippen molar-refractivity contribution in [3.63, 3.8) is 0 Å². The number of rotatable bonds is 8. The smallest absolute Gasteiger partial charge is 0.336 e. The van der Waals surface area contributed by atoms with E-state index in [0.717, 1.165) is 22.4 Å². The highest BCUT2D eigenvalue weighted by molar-refractivity contribution is 5.96. The largest absolute Gasteiger partial charge is 0.490 e. The molecule has 5 rings (SSSR count). The summed E-state index contributed by atoms with van der Waals surface area (Å²) in [5, 5.41) is 23.1. The molecule has 0 saturated heterocycles. The normalized spacial score (nSPS) is 12.3. The minimum atomic E-state index is -0.959. The van der Waals surface area contributed by atoms with Crippen LogP contribution in [0, 0.1) is 10.1 Å². The molecule has 9 heteroatoms. The Morgan fingerprint density at radius 1 is 0.949 bits per heavy atom. The summed E-state index contributed by atoms with van der Waals surface area (Å²) in [5.74, 6) is -0.607. The third-order valence-electron chi connectivity index (χ3n) is 6.58. The number of benzene rings is 4. The number of fused-ring (bicyclic) bond motifs is 1. The molecule has 1 aliphatic rings. The Hall–Kier alpha value is -5.18. The lowest BCUT2D eigenvalue weighted by Crippen LogP contribution is -2.32. The number of carbonyl (C=O) groups excluding carboxylic acids is 1. The van der Waals surface area contributed by atoms with Crippen molar-refractivity contribution in [1.82, 2.24) is 5.32 Å². The molecule has 0 aliphatic carbocycles. The number of nitrogens with zero attached hydrogens (tertiary/aromatic N) is 2. The number of ether oxygens (including phenoxy) is 1. The number of carbonyl (C=O) groups is 2. The Kier molecular flexibility index (Phi) is 7.22. The third-order valence-corrected chi connectivity index (χ3v) is 6.58. The number of aromatic carboxylic acids is 1. The van der Waals surface area contributed by atoms with Crippen molar-refractivity contribution in [1.29, 1.82) is 0 Å². The SMILES string of the molecule is O=C(NCc1ccc([N+](=O)[O-])cc1)c1ccc2c(c1)OCCN2Cc1ccc(-c2ccccc2C(=O)O)cc1. The van der Waals surface area contributed by atoms with E-state index in [2.05, 4.69) is 10.2 Å². The standard InChI is InChI=1S/C30H25N3O6/c34-29(31-18-20-7-12-24(13-8-20)33(37)38)23-11-14-27-28(17-23)39-16-15-32(27)19-21-5-9-22(10-6-21)25-3-1-2-4-26(25)30(35)36/h1-14,17H,15-16,18-19H2,(H,31,34)(H,35,36). The fourth-order valence-electron chi connectivity index (χ4n) is 4.53. The highest BCUT2D eigenvalue weighted by Crippen LogP contribution is 2.34. The number of nitro benzene ring substituents is 1. The summed E-state index contributed by atoms with van der Waals surface area (Å²) in [7, 11) is 0. The molecule has 1 amide bonds. The zero-order chi connectivity index (χ0) is 27.4. The predicted molar refractivity (Wildman–Crippen MR) is 146 cm³/mol. The van der Waals surface area contributed by atoms with E-state index in [1.54, 1.807) is 42.5 Å². The van der Waals surface area contributed by atoms with Crippen LogP contribution in [0.4, 0.5) is 11.4 Å². The van der Waals surface area contributed by atoms with Gasteiger partial charge in [0, 0.05) is 30.8 Å². The van der Waals surface area contributed by atoms with Gasteiger partial charge in [-0.05, 0) is 46.5 Å². The Balaban J connectivity index is 1.25. The number of anilines is 1. The van der Waals surface area contributed by atoms with Crippen molar-refractivity contribution in [3.05, 3.63) is 123 Å². The van der Waals surface area contributed by atoms with Crippen LogP contribution in [0.25, 0.3) is 11.1 Å². The molecule has 0 fully saturated rings. The summed E-state index contributed by atoms with van der Waals surface area (Å²) >= 11 is 0. The number of hydrogen-bond donors (Lipinski definition) is 2. The van der Waals surface area contributed by atoms with Crippen LogP contribution in [0.5, 0.6) is 5.75 Å². The van der Waals surface area contributed by atoms with Gasteiger partial charge in [0.05, 0.1) is 22.7 Å². The van der Waals surface area contributed by atoms with Gasteiger partial charge >= 0.3 is 5.97 Å². The van der Waals surface area contributed by atoms with Crippen molar-refractivity contribution in [3.8, 4) is 16.9 Å². The highest BCUT2D eigenvalue weighted by Gasteiger charge is 2.20. The van der Waals surface area contributed by atoms with Crippen LogP contribution < -0.4 is 15.0 Å². The van der Waals surface area contributed by atoms with E-state index in [0.29, 0.717) is 36.6 Å². The lowest BCUT2D eigenvalue weighted by atomic mass is 9.98. The first-order chi connectivity index (χ1) is 18.9. The van der Waals surface area contributed by atoms with Crippen molar-refractivity contribution < 1.29 is 24.4 Å². The summed E-state index contributed by atoms with van der Waals surface area (Å²) < 4.78 is 5.85. The van der Waals surface area contributed by atoms with Crippen LogP contribution >= 0.6 is 0 Å². The zero-order valence-electron chi connectivity index (χ0n) is 20.9. The van der Waals surface area contributed by atoms with Crippen molar-refractivity contribution >= 4 is 23.3 Å². The van der Waals surface area contributed by atoms with Gasteiger partial charge in [-0.25, -0.2) is 4.79 Å². The van der Waals surface area contributed by atoms with E-state index in [1.807, 2.05) is 36.4 Å². The Morgan fingerprint density at radius 2 is 1.67 bits per heavy atom. The van der Waals surface area contributed by atoms with E-state index in [-0.39, 0.29) is 23.7 Å². The third kappa shape index (κ3) is 5.72. The molecule has 39 heavy (non-hydrogen) atoms. The summed E-state index contributed by atoms with van der Waals surface area (Å²) in [6.07, 6.45) is 0. The molecule has 0 unspecified atom stereocenters. The maximum Gasteiger partial charge on any atom is 0.336 e. The Morgan fingerprint density at radius 3 is 2.38 bits per heavy atom. The lowest BCUT2D eigenvalue weighted by molar-refractivity contribution is -0.384. The molecule has 4 aromatic rings. The summed E-state index contributed by atoms with van der Waals surface area (Å²) in [4.78, 5) is 36.8. The maximum atomic E-state index is 12.7. The van der Waals surface area contributed by atoms with E-state index >= 15 is 0 Å². The van der Waals surface area contributed by atoms with Gasteiger partial charge in [-0.2, -0.15) is 0 Å². The molecule has 1 aliphatic heterocycles. The molecule has 0 radical (unpaired) electrons. The molecule has 4 aromatic carbocycles. The number of nitro groups is 1. The first-order valence-corrected chi connectivity index (χ1v) is 12.3. The van der Waals surface area contributed by atoms with Gasteiger partial charge in [0.2, 0.25) is 0 Å². The number of amides is 1. The summed E-state index contributed by atoms with van der Waals surface area (Å²) in [6.45, 7) is 2.03. The zero-order valence-corrected chi connectivity index (χ0v) is 20.9. The van der Waals surface area contributed by atoms with Gasteiger partial charge in [-0.1, -0.05) is 54.6 Å². The second kappa shape index (κ2) is 11.1. The van der Waals surface area contributed by atoms with Gasteiger partial charge in [-0.15, -0.1) is 0 Å². The second-order valence-corrected chi connectivity index (χ2v) is 9.11. The summed E-state index contributed by atoms with van der Waals surface area (Å²) in [6, 6.07) is 26.2. The van der Waals surface area contributed by atoms with Crippen LogP contribution in [0.2, 0.25) is 0 Å². The molecule has 0 bridgehead atoms. The van der Waals surface area contributed by atoms with Crippen LogP contribution in [-0.2, 0) is 13.1 Å². The van der Waals surface area contributed by atoms with E-state index in [1.165, 1.54) is 12.1 Å². The average Bonchev–Trinajstić information content (AvgIpc) is 2.96. The Labute approximate surface area is 224 Å². The Bertz CT molecular complexity index is 1530. The molecule has 9 nitrogen and oxygen atoms in total. The predicted octanol–water partition coefficient (Wildman–Crippen LogP) is 5.29. The number of non-ortho nitro benzene ring substituents is 1. The average molecular weight is 524 g/mol. The van der Waals surface area contributed by atoms with Crippen LogP contribution in [0.15, 0.2) is 91.0 Å². The van der Waals surface area contributed by atoms with E-state index in [4.69, 9.17) is 4.74 Å². The number of carboxylic acid groups (broad SMARTS) is 1. The molecular formula is C30H25N3O6. The minimum Gasteiger partial charge on any atom is -0.490 e. The number of carboxylic acids is 1. The fourth-order valence-corrected chi connectivity index (χ4v) is 4.53. The van der Waals surface area contributed by atoms with Crippen molar-refractivity contribution in [2.75, 3.05) is 18.1 Å². The van der Waals surface area contributed by atoms with Crippen LogP contribution in [0.1, 0.15) is 31.8 Å². The fraction of sp³-hybridized carbons (Fsp3) is 0.133. The molecule has 1 heterocycles. The number of hydrogen-bond acceptors (Lipinski definition) is 6. The first-order valence-electron chi connectivity index (χ1n) is 12.3. The highest BCUT2D eigenvalue weighted by atomic mass is 16.6. The van der Waals surface area contributed by atoms with Gasteiger partial charge in [0.25, 0.3) is 11.6 Å². The molecule has 0 atom stereocenters.